The quantitative estimate of drug-likeness (QED) is 0.712. The Bertz CT molecular complexity index is 337. The lowest BCUT2D eigenvalue weighted by atomic mass is 9.57. The summed E-state index contributed by atoms with van der Waals surface area (Å²) >= 11 is 0. The lowest BCUT2D eigenvalue weighted by molar-refractivity contribution is -0.148. The van der Waals surface area contributed by atoms with Crippen LogP contribution in [0.15, 0.2) is 0 Å². The molecule has 2 aliphatic rings. The van der Waals surface area contributed by atoms with Gasteiger partial charge in [-0.15, -0.1) is 0 Å². The van der Waals surface area contributed by atoms with Crippen LogP contribution in [0.5, 0.6) is 0 Å². The molecular weight excluding hydrogens is 214 g/mol. The van der Waals surface area contributed by atoms with Gasteiger partial charge in [0.25, 0.3) is 0 Å². The van der Waals surface area contributed by atoms with E-state index in [0.29, 0.717) is 18.3 Å². The van der Waals surface area contributed by atoms with Gasteiger partial charge in [-0.3, -0.25) is 14.9 Å². The van der Waals surface area contributed by atoms with Crippen molar-refractivity contribution < 1.29 is 9.59 Å². The van der Waals surface area contributed by atoms with Crippen LogP contribution in [0.3, 0.4) is 0 Å². The Morgan fingerprint density at radius 3 is 2.65 bits per heavy atom. The minimum Gasteiger partial charge on any atom is -0.296 e. The predicted octanol–water partition coefficient (Wildman–Crippen LogP) is 2.50. The third-order valence-corrected chi connectivity index (χ3v) is 4.51. The van der Waals surface area contributed by atoms with E-state index in [1.54, 1.807) is 0 Å². The first kappa shape index (κ1) is 12.6. The fourth-order valence-corrected chi connectivity index (χ4v) is 4.12. The van der Waals surface area contributed by atoms with Crippen LogP contribution in [-0.2, 0) is 9.59 Å². The van der Waals surface area contributed by atoms with Crippen molar-refractivity contribution in [3.8, 4) is 0 Å². The van der Waals surface area contributed by atoms with E-state index in [-0.39, 0.29) is 23.1 Å². The van der Waals surface area contributed by atoms with Crippen molar-refractivity contribution in [1.82, 2.24) is 5.32 Å². The van der Waals surface area contributed by atoms with E-state index in [1.165, 1.54) is 6.42 Å². The Labute approximate surface area is 103 Å². The maximum Gasteiger partial charge on any atom is 0.230 e. The monoisotopic (exact) mass is 237 g/mol. The second-order valence-corrected chi connectivity index (χ2v) is 6.37. The van der Waals surface area contributed by atoms with Crippen LogP contribution < -0.4 is 5.32 Å². The second kappa shape index (κ2) is 4.43. The number of carbonyl (C=O) groups is 2. The topological polar surface area (TPSA) is 46.2 Å². The summed E-state index contributed by atoms with van der Waals surface area (Å²) in [7, 11) is 0. The molecule has 0 radical (unpaired) electrons. The van der Waals surface area contributed by atoms with Crippen LogP contribution >= 0.6 is 0 Å². The van der Waals surface area contributed by atoms with Crippen molar-refractivity contribution in [2.75, 3.05) is 0 Å². The number of hydrogen-bond donors (Lipinski definition) is 1. The molecule has 1 saturated carbocycles. The number of imide groups is 1. The molecule has 3 atom stereocenters. The molecular formula is C14H23NO2. The summed E-state index contributed by atoms with van der Waals surface area (Å²) in [6, 6.07) is 0. The van der Waals surface area contributed by atoms with Gasteiger partial charge in [-0.1, -0.05) is 33.6 Å². The standard InChI is InChI=1S/C14H23NO2/c1-9(2)12-13(17)15-11(16)8-14(12)6-4-5-10(3)7-14/h9-10,12H,4-8H2,1-3H3,(H,15,16,17). The zero-order chi connectivity index (χ0) is 12.6. The van der Waals surface area contributed by atoms with Gasteiger partial charge in [-0.05, 0) is 30.1 Å². The maximum absolute atomic E-state index is 12.1. The van der Waals surface area contributed by atoms with Crippen molar-refractivity contribution in [2.24, 2.45) is 23.2 Å². The molecule has 0 aromatic heterocycles. The van der Waals surface area contributed by atoms with Gasteiger partial charge < -0.3 is 0 Å². The number of rotatable bonds is 1. The molecule has 1 spiro atoms. The first-order chi connectivity index (χ1) is 7.94. The van der Waals surface area contributed by atoms with Crippen LogP contribution in [0.25, 0.3) is 0 Å². The summed E-state index contributed by atoms with van der Waals surface area (Å²) in [5.41, 5.74) is -0.0503. The van der Waals surface area contributed by atoms with Crippen LogP contribution in [0.2, 0.25) is 0 Å². The zero-order valence-corrected chi connectivity index (χ0v) is 11.1. The molecule has 1 N–H and O–H groups in total. The van der Waals surface area contributed by atoms with E-state index >= 15 is 0 Å². The fourth-order valence-electron chi connectivity index (χ4n) is 4.12. The number of amides is 2. The highest BCUT2D eigenvalue weighted by atomic mass is 16.2. The molecule has 96 valence electrons. The zero-order valence-electron chi connectivity index (χ0n) is 11.1. The smallest absolute Gasteiger partial charge is 0.230 e. The second-order valence-electron chi connectivity index (χ2n) is 6.37. The van der Waals surface area contributed by atoms with E-state index in [1.807, 2.05) is 0 Å². The molecule has 1 saturated heterocycles. The molecule has 3 unspecified atom stereocenters. The summed E-state index contributed by atoms with van der Waals surface area (Å²) in [5, 5.41) is 2.52. The van der Waals surface area contributed by atoms with E-state index < -0.39 is 0 Å². The van der Waals surface area contributed by atoms with Crippen molar-refractivity contribution >= 4 is 11.8 Å². The highest BCUT2D eigenvalue weighted by Crippen LogP contribution is 2.51. The van der Waals surface area contributed by atoms with Gasteiger partial charge in [0.15, 0.2) is 0 Å². The Hall–Kier alpha value is -0.860. The summed E-state index contributed by atoms with van der Waals surface area (Å²) < 4.78 is 0. The Morgan fingerprint density at radius 2 is 2.06 bits per heavy atom. The average Bonchev–Trinajstić information content (AvgIpc) is 2.13. The molecule has 2 fully saturated rings. The van der Waals surface area contributed by atoms with Crippen LogP contribution in [0.1, 0.15) is 52.9 Å². The van der Waals surface area contributed by atoms with E-state index in [0.717, 1.165) is 19.3 Å². The van der Waals surface area contributed by atoms with Crippen molar-refractivity contribution in [3.05, 3.63) is 0 Å². The molecule has 2 amide bonds. The van der Waals surface area contributed by atoms with Gasteiger partial charge in [0.2, 0.25) is 11.8 Å². The third-order valence-electron chi connectivity index (χ3n) is 4.51. The molecule has 1 aliphatic carbocycles. The number of carbonyl (C=O) groups excluding carboxylic acids is 2. The summed E-state index contributed by atoms with van der Waals surface area (Å²) in [6.45, 7) is 6.44. The third kappa shape index (κ3) is 2.24. The SMILES string of the molecule is CC1CCCC2(CC(=O)NC(=O)C2C(C)C)C1. The first-order valence-electron chi connectivity index (χ1n) is 6.78. The lowest BCUT2D eigenvalue weighted by Gasteiger charge is -2.48. The summed E-state index contributed by atoms with van der Waals surface area (Å²) in [5.74, 6) is 0.867. The van der Waals surface area contributed by atoms with Gasteiger partial charge >= 0.3 is 0 Å². The van der Waals surface area contributed by atoms with Crippen molar-refractivity contribution in [1.29, 1.82) is 0 Å². The van der Waals surface area contributed by atoms with Gasteiger partial charge in [0.1, 0.15) is 0 Å². The average molecular weight is 237 g/mol. The Balaban J connectivity index is 2.31. The Morgan fingerprint density at radius 1 is 1.35 bits per heavy atom. The van der Waals surface area contributed by atoms with Gasteiger partial charge in [0.05, 0.1) is 0 Å². The molecule has 3 heteroatoms. The minimum atomic E-state index is -0.0685. The molecule has 1 heterocycles. The van der Waals surface area contributed by atoms with E-state index in [2.05, 4.69) is 26.1 Å². The number of hydrogen-bond acceptors (Lipinski definition) is 2. The fraction of sp³-hybridized carbons (Fsp3) is 0.857. The molecule has 3 nitrogen and oxygen atoms in total. The lowest BCUT2D eigenvalue weighted by Crippen LogP contribution is -2.55. The summed E-state index contributed by atoms with van der Waals surface area (Å²) in [6.07, 6.45) is 5.02. The van der Waals surface area contributed by atoms with Crippen LogP contribution in [0, 0.1) is 23.2 Å². The van der Waals surface area contributed by atoms with E-state index in [4.69, 9.17) is 0 Å². The normalized spacial score (nSPS) is 38.6. The largest absolute Gasteiger partial charge is 0.296 e. The van der Waals surface area contributed by atoms with Gasteiger partial charge in [0, 0.05) is 12.3 Å². The van der Waals surface area contributed by atoms with Crippen LogP contribution in [-0.4, -0.2) is 11.8 Å². The molecule has 17 heavy (non-hydrogen) atoms. The molecule has 2 rings (SSSR count). The highest BCUT2D eigenvalue weighted by Gasteiger charge is 2.50. The van der Waals surface area contributed by atoms with E-state index in [9.17, 15) is 9.59 Å². The molecule has 0 aromatic rings. The molecule has 0 aromatic carbocycles. The highest BCUT2D eigenvalue weighted by molar-refractivity contribution is 5.99. The summed E-state index contributed by atoms with van der Waals surface area (Å²) in [4.78, 5) is 23.8. The minimum absolute atomic E-state index is 0.0166. The van der Waals surface area contributed by atoms with Crippen molar-refractivity contribution in [3.63, 3.8) is 0 Å². The Kier molecular flexibility index (Phi) is 3.28. The predicted molar refractivity (Wildman–Crippen MR) is 66.2 cm³/mol. The number of nitrogens with one attached hydrogen (secondary N) is 1. The first-order valence-corrected chi connectivity index (χ1v) is 6.78. The van der Waals surface area contributed by atoms with Crippen molar-refractivity contribution in [2.45, 2.75) is 52.9 Å². The number of piperidine rings is 1. The molecule has 0 bridgehead atoms. The maximum atomic E-state index is 12.1. The van der Waals surface area contributed by atoms with Gasteiger partial charge in [-0.2, -0.15) is 0 Å². The van der Waals surface area contributed by atoms with Gasteiger partial charge in [-0.25, -0.2) is 0 Å². The molecule has 1 aliphatic heterocycles. The van der Waals surface area contributed by atoms with Crippen LogP contribution in [0.4, 0.5) is 0 Å².